The van der Waals surface area contributed by atoms with Gasteiger partial charge in [0.15, 0.2) is 0 Å². The number of rotatable bonds is 8. The van der Waals surface area contributed by atoms with Crippen LogP contribution >= 0.6 is 55.4 Å². The molecule has 10 heteroatoms. The Morgan fingerprint density at radius 3 is 1.56 bits per heavy atom. The number of hydrogen-bond acceptors (Lipinski definition) is 5. The van der Waals surface area contributed by atoms with E-state index < -0.39 is 8.25 Å². The summed E-state index contributed by atoms with van der Waals surface area (Å²) >= 11 is 21.7. The third-order valence-corrected chi connectivity index (χ3v) is 3.56. The topological polar surface area (TPSA) is 42.0 Å². The first-order chi connectivity index (χ1) is 7.34. The molecule has 0 aliphatic heterocycles. The predicted molar refractivity (Wildman–Crippen MR) is 65.5 cm³/mol. The van der Waals surface area contributed by atoms with Crippen molar-refractivity contribution in [1.82, 2.24) is 7.88 Å². The van der Waals surface area contributed by atoms with E-state index in [1.807, 2.05) is 0 Å². The summed E-state index contributed by atoms with van der Waals surface area (Å²) in [6.45, 7) is 3.57. The smallest absolute Gasteiger partial charge is 0.126 e. The van der Waals surface area contributed by atoms with E-state index in [0.717, 1.165) is 7.88 Å². The van der Waals surface area contributed by atoms with Crippen molar-refractivity contribution in [3.63, 3.8) is 0 Å². The Labute approximate surface area is 116 Å². The van der Waals surface area contributed by atoms with E-state index in [0.29, 0.717) is 0 Å². The molecule has 0 bridgehead atoms. The summed E-state index contributed by atoms with van der Waals surface area (Å²) < 4.78 is 22.7. The summed E-state index contributed by atoms with van der Waals surface area (Å²) in [4.78, 5) is 0. The lowest BCUT2D eigenvalue weighted by atomic mass is 10.4. The van der Waals surface area contributed by atoms with Crippen LogP contribution in [0.4, 0.5) is 0 Å². The van der Waals surface area contributed by atoms with Gasteiger partial charge in [0, 0.05) is 4.57 Å². The highest BCUT2D eigenvalue weighted by molar-refractivity contribution is 7.33. The van der Waals surface area contributed by atoms with Crippen LogP contribution < -0.4 is 0 Å². The molecular weight excluding hydrogens is 321 g/mol. The van der Waals surface area contributed by atoms with Gasteiger partial charge in [-0.3, -0.25) is 0 Å². The van der Waals surface area contributed by atoms with Crippen LogP contribution in [-0.4, -0.2) is 33.2 Å². The van der Waals surface area contributed by atoms with E-state index in [4.69, 9.17) is 56.2 Å². The Bertz CT molecular complexity index is 202. The normalized spacial score (nSPS) is 16.6. The summed E-state index contributed by atoms with van der Waals surface area (Å²) in [5.74, 6) is 0. The third-order valence-electron chi connectivity index (χ3n) is 1.51. The summed E-state index contributed by atoms with van der Waals surface area (Å²) in [5.41, 5.74) is 0. The standard InChI is InChI=1S/C6H12Cl4N2O3P/c1-5(11(7)8)3-14-16(13)15-4-6(2)12(9)10/h5-6H,3-4H2,1-2H3/q+1. The molecule has 0 rings (SSSR count). The second kappa shape index (κ2) is 9.09. The van der Waals surface area contributed by atoms with Crippen LogP contribution in [0.3, 0.4) is 0 Å². The molecule has 0 N–H and O–H groups in total. The number of hydrogen-bond donors (Lipinski definition) is 0. The highest BCUT2D eigenvalue weighted by atomic mass is 35.5. The molecule has 0 fully saturated rings. The van der Waals surface area contributed by atoms with E-state index >= 15 is 0 Å². The zero-order valence-electron chi connectivity index (χ0n) is 8.65. The maximum Gasteiger partial charge on any atom is 0.697 e. The minimum Gasteiger partial charge on any atom is -0.126 e. The van der Waals surface area contributed by atoms with Crippen molar-refractivity contribution in [3.05, 3.63) is 0 Å². The van der Waals surface area contributed by atoms with Gasteiger partial charge in [-0.05, 0) is 61.0 Å². The molecule has 0 aliphatic carbocycles. The number of nitrogens with zero attached hydrogens (tertiary/aromatic N) is 2. The zero-order chi connectivity index (χ0) is 12.7. The molecule has 96 valence electrons. The van der Waals surface area contributed by atoms with Crippen LogP contribution in [0.1, 0.15) is 13.8 Å². The van der Waals surface area contributed by atoms with Crippen LogP contribution in [-0.2, 0) is 13.6 Å². The molecule has 0 spiro atoms. The van der Waals surface area contributed by atoms with Gasteiger partial charge in [-0.2, -0.15) is 0 Å². The zero-order valence-corrected chi connectivity index (χ0v) is 12.6. The fourth-order valence-electron chi connectivity index (χ4n) is 0.487. The fraction of sp³-hybridized carbons (Fsp3) is 1.00. The molecule has 0 aliphatic rings. The summed E-state index contributed by atoms with van der Waals surface area (Å²) in [6, 6.07) is -0.582. The molecule has 0 saturated heterocycles. The summed E-state index contributed by atoms with van der Waals surface area (Å²) in [6.07, 6.45) is 0. The van der Waals surface area contributed by atoms with Crippen LogP contribution in [0.15, 0.2) is 0 Å². The predicted octanol–water partition coefficient (Wildman–Crippen LogP) is 3.67. The summed E-state index contributed by atoms with van der Waals surface area (Å²) in [5, 5.41) is 0. The van der Waals surface area contributed by atoms with Gasteiger partial charge in [0.05, 0.1) is 12.1 Å². The molecule has 0 aromatic carbocycles. The van der Waals surface area contributed by atoms with E-state index in [1.54, 1.807) is 13.8 Å². The van der Waals surface area contributed by atoms with Gasteiger partial charge in [-0.1, -0.05) is 0 Å². The van der Waals surface area contributed by atoms with Crippen molar-refractivity contribution in [2.75, 3.05) is 13.2 Å². The van der Waals surface area contributed by atoms with Gasteiger partial charge in [0.1, 0.15) is 13.2 Å². The second-order valence-electron chi connectivity index (χ2n) is 3.03. The molecule has 0 amide bonds. The van der Waals surface area contributed by atoms with Crippen molar-refractivity contribution in [3.8, 4) is 0 Å². The average Bonchev–Trinajstić information content (AvgIpc) is 2.21. The average molecular weight is 333 g/mol. The molecule has 2 unspecified atom stereocenters. The highest BCUT2D eigenvalue weighted by Gasteiger charge is 2.25. The monoisotopic (exact) mass is 331 g/mol. The number of halogens is 4. The minimum atomic E-state index is -2.23. The lowest BCUT2D eigenvalue weighted by Gasteiger charge is -2.10. The van der Waals surface area contributed by atoms with E-state index in [2.05, 4.69) is 0 Å². The molecule has 0 aromatic rings. The summed E-state index contributed by atoms with van der Waals surface area (Å²) in [7, 11) is -2.23. The van der Waals surface area contributed by atoms with Crippen molar-refractivity contribution in [2.24, 2.45) is 0 Å². The molecule has 0 radical (unpaired) electrons. The largest absolute Gasteiger partial charge is 0.697 e. The van der Waals surface area contributed by atoms with E-state index in [1.165, 1.54) is 0 Å². The van der Waals surface area contributed by atoms with Gasteiger partial charge < -0.3 is 0 Å². The van der Waals surface area contributed by atoms with Crippen LogP contribution in [0.2, 0.25) is 0 Å². The molecule has 2 atom stereocenters. The maximum atomic E-state index is 11.2. The van der Waals surface area contributed by atoms with Gasteiger partial charge in [0.25, 0.3) is 0 Å². The van der Waals surface area contributed by atoms with Crippen molar-refractivity contribution in [1.29, 1.82) is 0 Å². The van der Waals surface area contributed by atoms with Gasteiger partial charge in [-0.25, -0.2) is 0 Å². The Balaban J connectivity index is 3.67. The SMILES string of the molecule is CC(CO[P+](=O)OCC(C)N(Cl)Cl)N(Cl)Cl. The Morgan fingerprint density at radius 2 is 1.31 bits per heavy atom. The van der Waals surface area contributed by atoms with Gasteiger partial charge in [-0.15, -0.1) is 16.9 Å². The first kappa shape index (κ1) is 17.1. The molecule has 16 heavy (non-hydrogen) atoms. The van der Waals surface area contributed by atoms with Crippen molar-refractivity contribution < 1.29 is 13.6 Å². The third kappa shape index (κ3) is 8.23. The van der Waals surface area contributed by atoms with Crippen molar-refractivity contribution >= 4 is 55.4 Å². The molecule has 5 nitrogen and oxygen atoms in total. The lowest BCUT2D eigenvalue weighted by molar-refractivity contribution is 0.188. The molecule has 0 saturated carbocycles. The Morgan fingerprint density at radius 1 is 1.00 bits per heavy atom. The maximum absolute atomic E-state index is 11.2. The Kier molecular flexibility index (Phi) is 9.71. The van der Waals surface area contributed by atoms with E-state index in [9.17, 15) is 4.57 Å². The fourth-order valence-corrected chi connectivity index (χ4v) is 1.46. The first-order valence-electron chi connectivity index (χ1n) is 4.29. The van der Waals surface area contributed by atoms with Gasteiger partial charge in [0.2, 0.25) is 0 Å². The highest BCUT2D eigenvalue weighted by Crippen LogP contribution is 2.26. The molecule has 0 aromatic heterocycles. The van der Waals surface area contributed by atoms with Gasteiger partial charge >= 0.3 is 8.25 Å². The lowest BCUT2D eigenvalue weighted by Crippen LogP contribution is -2.21. The van der Waals surface area contributed by atoms with Crippen molar-refractivity contribution in [2.45, 2.75) is 25.9 Å². The van der Waals surface area contributed by atoms with Crippen LogP contribution in [0.25, 0.3) is 0 Å². The Hall–Kier alpha value is 1.10. The minimum absolute atomic E-state index is 0.0854. The van der Waals surface area contributed by atoms with Crippen LogP contribution in [0.5, 0.6) is 0 Å². The first-order valence-corrected chi connectivity index (χ1v) is 6.74. The molecule has 0 heterocycles. The quantitative estimate of drug-likeness (QED) is 0.501. The van der Waals surface area contributed by atoms with Crippen LogP contribution in [0, 0.1) is 0 Å². The van der Waals surface area contributed by atoms with E-state index in [-0.39, 0.29) is 25.3 Å². The second-order valence-corrected chi connectivity index (χ2v) is 5.80. The molecular formula is C6H12Cl4N2O3P+.